The van der Waals surface area contributed by atoms with Crippen molar-refractivity contribution in [3.8, 4) is 0 Å². The first-order valence-electron chi connectivity index (χ1n) is 7.22. The van der Waals surface area contributed by atoms with E-state index >= 15 is 0 Å². The second kappa shape index (κ2) is 5.56. The molecular formula is C13H19N5O4. The van der Waals surface area contributed by atoms with Crippen molar-refractivity contribution in [2.45, 2.75) is 25.0 Å². The van der Waals surface area contributed by atoms with Gasteiger partial charge in [0.1, 0.15) is 5.60 Å². The summed E-state index contributed by atoms with van der Waals surface area (Å²) in [6, 6.07) is 0. The molecule has 2 aliphatic heterocycles. The summed E-state index contributed by atoms with van der Waals surface area (Å²) in [4.78, 5) is 30.8. The number of carbonyl (C=O) groups excluding carboxylic acids is 2. The van der Waals surface area contributed by atoms with Crippen LogP contribution in [0.1, 0.15) is 29.4 Å². The lowest BCUT2D eigenvalue weighted by atomic mass is 9.93. The number of ether oxygens (including phenoxy) is 1. The quantitative estimate of drug-likeness (QED) is 0.828. The lowest BCUT2D eigenvalue weighted by Crippen LogP contribution is -2.50. The van der Waals surface area contributed by atoms with Gasteiger partial charge in [-0.3, -0.25) is 9.69 Å². The lowest BCUT2D eigenvalue weighted by Gasteiger charge is -2.37. The third-order valence-electron chi connectivity index (χ3n) is 4.02. The molecule has 22 heavy (non-hydrogen) atoms. The highest BCUT2D eigenvalue weighted by molar-refractivity contribution is 5.89. The van der Waals surface area contributed by atoms with Gasteiger partial charge in [0.05, 0.1) is 13.1 Å². The van der Waals surface area contributed by atoms with Crippen LogP contribution in [0.3, 0.4) is 0 Å². The van der Waals surface area contributed by atoms with Crippen LogP contribution >= 0.6 is 0 Å². The number of likely N-dealkylation sites (N-methyl/N-ethyl adjacent to an activating group) is 1. The van der Waals surface area contributed by atoms with E-state index in [0.717, 1.165) is 19.4 Å². The van der Waals surface area contributed by atoms with Crippen molar-refractivity contribution < 1.29 is 18.8 Å². The average molecular weight is 309 g/mol. The van der Waals surface area contributed by atoms with Crippen LogP contribution in [-0.2, 0) is 11.3 Å². The Morgan fingerprint density at radius 3 is 2.95 bits per heavy atom. The lowest BCUT2D eigenvalue weighted by molar-refractivity contribution is -0.0139. The Bertz CT molecular complexity index is 589. The van der Waals surface area contributed by atoms with Gasteiger partial charge in [-0.25, -0.2) is 4.79 Å². The summed E-state index contributed by atoms with van der Waals surface area (Å²) in [5.74, 6) is 0.0287. The number of likely N-dealkylation sites (tertiary alicyclic amines) is 1. The zero-order valence-electron chi connectivity index (χ0n) is 12.7. The Labute approximate surface area is 127 Å². The number of carbonyl (C=O) groups is 2. The molecule has 0 radical (unpaired) electrons. The number of nitrogens with zero attached hydrogens (tertiary/aromatic N) is 4. The number of aromatic nitrogens is 2. The van der Waals surface area contributed by atoms with Crippen LogP contribution in [-0.4, -0.2) is 71.3 Å². The maximum absolute atomic E-state index is 11.6. The second-order valence-corrected chi connectivity index (χ2v) is 5.81. The van der Waals surface area contributed by atoms with E-state index in [9.17, 15) is 9.59 Å². The molecule has 2 amide bonds. The van der Waals surface area contributed by atoms with Gasteiger partial charge in [0.15, 0.2) is 0 Å². The maximum atomic E-state index is 11.6. The molecule has 0 unspecified atom stereocenters. The second-order valence-electron chi connectivity index (χ2n) is 5.81. The summed E-state index contributed by atoms with van der Waals surface area (Å²) >= 11 is 0. The minimum absolute atomic E-state index is 0.0243. The topological polar surface area (TPSA) is 101 Å². The molecule has 2 fully saturated rings. The van der Waals surface area contributed by atoms with E-state index in [1.807, 2.05) is 0 Å². The molecule has 1 N–H and O–H groups in total. The number of hydrogen-bond donors (Lipinski definition) is 1. The fourth-order valence-corrected chi connectivity index (χ4v) is 3.04. The van der Waals surface area contributed by atoms with Gasteiger partial charge in [-0.05, 0) is 19.4 Å². The fourth-order valence-electron chi connectivity index (χ4n) is 3.04. The van der Waals surface area contributed by atoms with Crippen LogP contribution in [0.25, 0.3) is 0 Å². The normalized spacial score (nSPS) is 25.5. The van der Waals surface area contributed by atoms with Gasteiger partial charge in [0, 0.05) is 20.6 Å². The monoisotopic (exact) mass is 309 g/mol. The fraction of sp³-hybridized carbons (Fsp3) is 0.692. The van der Waals surface area contributed by atoms with E-state index in [0.29, 0.717) is 25.5 Å². The van der Waals surface area contributed by atoms with E-state index in [1.54, 1.807) is 11.9 Å². The van der Waals surface area contributed by atoms with E-state index in [-0.39, 0.29) is 17.8 Å². The van der Waals surface area contributed by atoms with Crippen molar-refractivity contribution >= 4 is 12.0 Å². The Morgan fingerprint density at radius 1 is 1.45 bits per heavy atom. The molecule has 0 saturated carbocycles. The maximum Gasteiger partial charge on any atom is 0.410 e. The highest BCUT2D eigenvalue weighted by Crippen LogP contribution is 2.31. The van der Waals surface area contributed by atoms with Crippen LogP contribution in [0.15, 0.2) is 4.52 Å². The Morgan fingerprint density at radius 2 is 2.27 bits per heavy atom. The highest BCUT2D eigenvalue weighted by atomic mass is 16.6. The van der Waals surface area contributed by atoms with Gasteiger partial charge in [-0.15, -0.1) is 0 Å². The van der Waals surface area contributed by atoms with Crippen LogP contribution < -0.4 is 5.32 Å². The van der Waals surface area contributed by atoms with Crippen LogP contribution in [0, 0.1) is 0 Å². The SMILES string of the molecule is CNC(=O)c1noc(CN2CCC[C@@]3(C2)CN(C)C(=O)O3)n1. The summed E-state index contributed by atoms with van der Waals surface area (Å²) in [6.07, 6.45) is 1.51. The van der Waals surface area contributed by atoms with Gasteiger partial charge < -0.3 is 19.5 Å². The number of rotatable bonds is 3. The average Bonchev–Trinajstić information content (AvgIpc) is 3.04. The van der Waals surface area contributed by atoms with Crippen molar-refractivity contribution in [3.05, 3.63) is 11.7 Å². The van der Waals surface area contributed by atoms with Gasteiger partial charge in [-0.2, -0.15) is 4.98 Å². The number of hydrogen-bond acceptors (Lipinski definition) is 7. The third-order valence-corrected chi connectivity index (χ3v) is 4.02. The molecule has 1 spiro atoms. The Hall–Kier alpha value is -2.16. The molecule has 1 aromatic heterocycles. The molecule has 0 aliphatic carbocycles. The summed E-state index contributed by atoms with van der Waals surface area (Å²) in [6.45, 7) is 2.52. The Kier molecular flexibility index (Phi) is 3.73. The van der Waals surface area contributed by atoms with Gasteiger partial charge in [-0.1, -0.05) is 5.16 Å². The predicted octanol–water partition coefficient (Wildman–Crippen LogP) is -0.154. The molecule has 1 atom stereocenters. The number of piperidine rings is 1. The van der Waals surface area contributed by atoms with E-state index in [2.05, 4.69) is 20.4 Å². The zero-order chi connectivity index (χ0) is 15.7. The van der Waals surface area contributed by atoms with Crippen molar-refractivity contribution in [1.29, 1.82) is 0 Å². The minimum Gasteiger partial charge on any atom is -0.440 e. The molecule has 2 saturated heterocycles. The molecule has 120 valence electrons. The van der Waals surface area contributed by atoms with Gasteiger partial charge in [0.25, 0.3) is 11.7 Å². The summed E-state index contributed by atoms with van der Waals surface area (Å²) < 4.78 is 10.6. The molecule has 9 heteroatoms. The van der Waals surface area contributed by atoms with Crippen molar-refractivity contribution in [1.82, 2.24) is 25.3 Å². The molecular weight excluding hydrogens is 290 g/mol. The highest BCUT2D eigenvalue weighted by Gasteiger charge is 2.46. The smallest absolute Gasteiger partial charge is 0.410 e. The van der Waals surface area contributed by atoms with Crippen molar-refractivity contribution in [3.63, 3.8) is 0 Å². The van der Waals surface area contributed by atoms with Crippen LogP contribution in [0.2, 0.25) is 0 Å². The largest absolute Gasteiger partial charge is 0.440 e. The summed E-state index contributed by atoms with van der Waals surface area (Å²) in [5.41, 5.74) is -0.451. The van der Waals surface area contributed by atoms with Crippen LogP contribution in [0.4, 0.5) is 4.79 Å². The zero-order valence-corrected chi connectivity index (χ0v) is 12.7. The standard InChI is InChI=1S/C13H19N5O4/c1-14-11(19)10-15-9(22-16-10)6-18-5-3-4-13(8-18)7-17(2)12(20)21-13/h3-8H2,1-2H3,(H,14,19)/t13-/m0/s1. The molecule has 0 aromatic carbocycles. The molecule has 9 nitrogen and oxygen atoms in total. The molecule has 3 rings (SSSR count). The minimum atomic E-state index is -0.451. The number of amides is 2. The van der Waals surface area contributed by atoms with Gasteiger partial charge in [0.2, 0.25) is 5.89 Å². The first-order valence-corrected chi connectivity index (χ1v) is 7.22. The van der Waals surface area contributed by atoms with Crippen molar-refractivity contribution in [2.75, 3.05) is 33.7 Å². The first-order chi connectivity index (χ1) is 10.5. The van der Waals surface area contributed by atoms with E-state index in [1.165, 1.54) is 7.05 Å². The number of nitrogens with one attached hydrogen (secondary N) is 1. The first kappa shape index (κ1) is 14.8. The van der Waals surface area contributed by atoms with Crippen molar-refractivity contribution in [2.24, 2.45) is 0 Å². The van der Waals surface area contributed by atoms with Gasteiger partial charge >= 0.3 is 6.09 Å². The predicted molar refractivity (Wildman–Crippen MR) is 74.0 cm³/mol. The third kappa shape index (κ3) is 2.76. The molecule has 0 bridgehead atoms. The molecule has 3 heterocycles. The summed E-state index contributed by atoms with van der Waals surface area (Å²) in [7, 11) is 3.25. The molecule has 1 aromatic rings. The van der Waals surface area contributed by atoms with E-state index in [4.69, 9.17) is 9.26 Å². The van der Waals surface area contributed by atoms with Crippen LogP contribution in [0.5, 0.6) is 0 Å². The molecule has 2 aliphatic rings. The Balaban J connectivity index is 1.65. The summed E-state index contributed by atoms with van der Waals surface area (Å²) in [5, 5.41) is 6.09. The van der Waals surface area contributed by atoms with E-state index < -0.39 is 5.60 Å².